The number of hydrogen-bond donors (Lipinski definition) is 2. The molecule has 2 aliphatic rings. The summed E-state index contributed by atoms with van der Waals surface area (Å²) in [6.07, 6.45) is 5.18. The minimum absolute atomic E-state index is 0.141. The summed E-state index contributed by atoms with van der Waals surface area (Å²) < 4.78 is 6.07. The lowest BCUT2D eigenvalue weighted by atomic mass is 9.88. The lowest BCUT2D eigenvalue weighted by Gasteiger charge is -2.29. The van der Waals surface area contributed by atoms with Gasteiger partial charge in [0.2, 0.25) is 5.91 Å². The summed E-state index contributed by atoms with van der Waals surface area (Å²) in [6, 6.07) is 5.15. The lowest BCUT2D eigenvalue weighted by Crippen LogP contribution is -2.28. The predicted molar refractivity (Wildman–Crippen MR) is 74.0 cm³/mol. The maximum absolute atomic E-state index is 11.5. The molecule has 1 fully saturated rings. The number of benzene rings is 1. The van der Waals surface area contributed by atoms with E-state index in [1.165, 1.54) is 19.3 Å². The fourth-order valence-electron chi connectivity index (χ4n) is 2.97. The second kappa shape index (κ2) is 4.85. The first-order valence-electron chi connectivity index (χ1n) is 7.02. The quantitative estimate of drug-likeness (QED) is 0.859. The second-order valence-electron chi connectivity index (χ2n) is 5.63. The Morgan fingerprint density at radius 2 is 2.11 bits per heavy atom. The number of fused-ring (bicyclic) bond motifs is 1. The van der Waals surface area contributed by atoms with Gasteiger partial charge >= 0.3 is 0 Å². The average Bonchev–Trinajstić information content (AvgIpc) is 2.68. The summed E-state index contributed by atoms with van der Waals surface area (Å²) >= 11 is 0. The van der Waals surface area contributed by atoms with E-state index in [4.69, 9.17) is 10.5 Å². The molecule has 0 bridgehead atoms. The van der Waals surface area contributed by atoms with Crippen molar-refractivity contribution in [1.82, 2.24) is 0 Å². The number of anilines is 1. The molecule has 102 valence electrons. The molecule has 3 atom stereocenters. The number of hydrogen-bond acceptors (Lipinski definition) is 3. The highest BCUT2D eigenvalue weighted by Gasteiger charge is 2.28. The molecule has 1 aliphatic carbocycles. The SMILES string of the molecule is CC1CCCCC1Oc1ccc2c(c1)NC(=O)C2N. The third kappa shape index (κ3) is 2.32. The molecule has 0 radical (unpaired) electrons. The van der Waals surface area contributed by atoms with Crippen molar-refractivity contribution in [3.05, 3.63) is 23.8 Å². The standard InChI is InChI=1S/C15H20N2O2/c1-9-4-2-3-5-13(9)19-10-6-7-11-12(8-10)17-15(18)14(11)16/h6-9,13-14H,2-5,16H2,1H3,(H,17,18). The first-order valence-corrected chi connectivity index (χ1v) is 7.02. The normalized spacial score (nSPS) is 29.8. The maximum atomic E-state index is 11.5. The molecule has 19 heavy (non-hydrogen) atoms. The van der Waals surface area contributed by atoms with Gasteiger partial charge in [0, 0.05) is 17.3 Å². The van der Waals surface area contributed by atoms with Crippen molar-refractivity contribution >= 4 is 11.6 Å². The summed E-state index contributed by atoms with van der Waals surface area (Å²) in [7, 11) is 0. The van der Waals surface area contributed by atoms with Crippen LogP contribution in [-0.2, 0) is 4.79 Å². The fraction of sp³-hybridized carbons (Fsp3) is 0.533. The van der Waals surface area contributed by atoms with Crippen LogP contribution in [0.2, 0.25) is 0 Å². The van der Waals surface area contributed by atoms with Gasteiger partial charge in [-0.1, -0.05) is 19.4 Å². The molecule has 1 heterocycles. The van der Waals surface area contributed by atoms with E-state index >= 15 is 0 Å². The van der Waals surface area contributed by atoms with Crippen LogP contribution in [0, 0.1) is 5.92 Å². The van der Waals surface area contributed by atoms with E-state index in [9.17, 15) is 4.79 Å². The van der Waals surface area contributed by atoms with Crippen LogP contribution in [0.3, 0.4) is 0 Å². The van der Waals surface area contributed by atoms with Gasteiger partial charge in [-0.3, -0.25) is 4.79 Å². The van der Waals surface area contributed by atoms with Gasteiger partial charge in [-0.2, -0.15) is 0 Å². The smallest absolute Gasteiger partial charge is 0.245 e. The zero-order chi connectivity index (χ0) is 13.4. The number of nitrogens with one attached hydrogen (secondary N) is 1. The Balaban J connectivity index is 1.76. The molecule has 0 saturated heterocycles. The van der Waals surface area contributed by atoms with Gasteiger partial charge in [0.1, 0.15) is 17.9 Å². The molecule has 3 unspecified atom stereocenters. The summed E-state index contributed by atoms with van der Waals surface area (Å²) in [5.41, 5.74) is 7.44. The molecule has 4 nitrogen and oxygen atoms in total. The Kier molecular flexibility index (Phi) is 3.19. The number of carbonyl (C=O) groups is 1. The highest BCUT2D eigenvalue weighted by Crippen LogP contribution is 2.34. The average molecular weight is 260 g/mol. The van der Waals surface area contributed by atoms with Crippen LogP contribution in [0.5, 0.6) is 5.75 Å². The fourth-order valence-corrected chi connectivity index (χ4v) is 2.97. The third-order valence-electron chi connectivity index (χ3n) is 4.22. The number of rotatable bonds is 2. The van der Waals surface area contributed by atoms with Crippen LogP contribution < -0.4 is 15.8 Å². The third-order valence-corrected chi connectivity index (χ3v) is 4.22. The van der Waals surface area contributed by atoms with Crippen LogP contribution in [0.25, 0.3) is 0 Å². The van der Waals surface area contributed by atoms with E-state index in [1.807, 2.05) is 18.2 Å². The topological polar surface area (TPSA) is 64.3 Å². The highest BCUT2D eigenvalue weighted by atomic mass is 16.5. The molecule has 1 aliphatic heterocycles. The van der Waals surface area contributed by atoms with Gasteiger partial charge in [-0.05, 0) is 31.2 Å². The Morgan fingerprint density at radius 3 is 2.89 bits per heavy atom. The van der Waals surface area contributed by atoms with Crippen molar-refractivity contribution in [1.29, 1.82) is 0 Å². The number of carbonyl (C=O) groups excluding carboxylic acids is 1. The van der Waals surface area contributed by atoms with Gasteiger partial charge in [0.15, 0.2) is 0 Å². The van der Waals surface area contributed by atoms with E-state index in [2.05, 4.69) is 12.2 Å². The summed E-state index contributed by atoms with van der Waals surface area (Å²) in [5.74, 6) is 1.28. The molecule has 1 amide bonds. The van der Waals surface area contributed by atoms with E-state index in [0.717, 1.165) is 23.4 Å². The first-order chi connectivity index (χ1) is 9.15. The minimum Gasteiger partial charge on any atom is -0.490 e. The highest BCUT2D eigenvalue weighted by molar-refractivity contribution is 6.02. The van der Waals surface area contributed by atoms with Crippen LogP contribution >= 0.6 is 0 Å². The van der Waals surface area contributed by atoms with Crippen molar-refractivity contribution in [2.75, 3.05) is 5.32 Å². The minimum atomic E-state index is -0.544. The Labute approximate surface area is 113 Å². The predicted octanol–water partition coefficient (Wildman–Crippen LogP) is 2.60. The Morgan fingerprint density at radius 1 is 1.32 bits per heavy atom. The van der Waals surface area contributed by atoms with Crippen LogP contribution in [-0.4, -0.2) is 12.0 Å². The molecule has 1 saturated carbocycles. The van der Waals surface area contributed by atoms with Crippen molar-refractivity contribution in [3.63, 3.8) is 0 Å². The number of amides is 1. The molecule has 1 aromatic carbocycles. The molecular weight excluding hydrogens is 240 g/mol. The van der Waals surface area contributed by atoms with Gasteiger partial charge in [0.25, 0.3) is 0 Å². The van der Waals surface area contributed by atoms with Crippen LogP contribution in [0.1, 0.15) is 44.2 Å². The van der Waals surface area contributed by atoms with Crippen LogP contribution in [0.4, 0.5) is 5.69 Å². The van der Waals surface area contributed by atoms with Crippen molar-refractivity contribution in [2.24, 2.45) is 11.7 Å². The molecular formula is C15H20N2O2. The second-order valence-corrected chi connectivity index (χ2v) is 5.63. The van der Waals surface area contributed by atoms with E-state index in [0.29, 0.717) is 5.92 Å². The first kappa shape index (κ1) is 12.5. The van der Waals surface area contributed by atoms with Gasteiger partial charge in [0.05, 0.1) is 0 Å². The van der Waals surface area contributed by atoms with E-state index < -0.39 is 6.04 Å². The maximum Gasteiger partial charge on any atom is 0.245 e. The summed E-state index contributed by atoms with van der Waals surface area (Å²) in [4.78, 5) is 11.5. The summed E-state index contributed by atoms with van der Waals surface area (Å²) in [6.45, 7) is 2.24. The molecule has 0 spiro atoms. The Hall–Kier alpha value is -1.55. The molecule has 0 aromatic heterocycles. The lowest BCUT2D eigenvalue weighted by molar-refractivity contribution is -0.116. The molecule has 1 aromatic rings. The van der Waals surface area contributed by atoms with Gasteiger partial charge in [-0.15, -0.1) is 0 Å². The monoisotopic (exact) mass is 260 g/mol. The van der Waals surface area contributed by atoms with Crippen molar-refractivity contribution in [2.45, 2.75) is 44.8 Å². The molecule has 3 rings (SSSR count). The Bertz CT molecular complexity index is 501. The largest absolute Gasteiger partial charge is 0.490 e. The number of ether oxygens (including phenoxy) is 1. The van der Waals surface area contributed by atoms with Gasteiger partial charge < -0.3 is 15.8 Å². The van der Waals surface area contributed by atoms with Crippen molar-refractivity contribution < 1.29 is 9.53 Å². The van der Waals surface area contributed by atoms with Crippen molar-refractivity contribution in [3.8, 4) is 5.75 Å². The number of nitrogens with two attached hydrogens (primary N) is 1. The van der Waals surface area contributed by atoms with Crippen LogP contribution in [0.15, 0.2) is 18.2 Å². The van der Waals surface area contributed by atoms with E-state index in [-0.39, 0.29) is 12.0 Å². The zero-order valence-corrected chi connectivity index (χ0v) is 11.2. The van der Waals surface area contributed by atoms with Gasteiger partial charge in [-0.25, -0.2) is 0 Å². The zero-order valence-electron chi connectivity index (χ0n) is 11.2. The summed E-state index contributed by atoms with van der Waals surface area (Å²) in [5, 5.41) is 2.79. The molecule has 3 N–H and O–H groups in total. The van der Waals surface area contributed by atoms with E-state index in [1.54, 1.807) is 0 Å². The molecule has 4 heteroatoms.